The molecule has 0 saturated carbocycles. The number of fused-ring (bicyclic) bond motifs is 6. The van der Waals surface area contributed by atoms with Gasteiger partial charge in [0.05, 0.1) is 20.6 Å². The van der Waals surface area contributed by atoms with Gasteiger partial charge in [-0.3, -0.25) is 0 Å². The lowest BCUT2D eigenvalue weighted by molar-refractivity contribution is 1.07. The van der Waals surface area contributed by atoms with E-state index >= 15 is 0 Å². The molecule has 0 bridgehead atoms. The maximum atomic E-state index is 9.65. The minimum Gasteiger partial charge on any atom is -0.308 e. The van der Waals surface area contributed by atoms with Crippen LogP contribution in [0.25, 0.3) is 104 Å². The van der Waals surface area contributed by atoms with Crippen LogP contribution < -0.4 is 0 Å². The van der Waals surface area contributed by atoms with Crippen LogP contribution in [0.5, 0.6) is 0 Å². The van der Waals surface area contributed by atoms with E-state index in [1.807, 2.05) is 140 Å². The van der Waals surface area contributed by atoms with Crippen molar-refractivity contribution < 1.29 is 9.60 Å². The fourth-order valence-electron chi connectivity index (χ4n) is 7.58. The average molecular weight is 740 g/mol. The molecule has 0 atom stereocenters. The van der Waals surface area contributed by atoms with Gasteiger partial charge in [-0.1, -0.05) is 164 Å². The van der Waals surface area contributed by atoms with E-state index in [1.165, 1.54) is 0 Å². The van der Waals surface area contributed by atoms with E-state index in [4.69, 9.17) is 17.7 Å². The highest BCUT2D eigenvalue weighted by Crippen LogP contribution is 2.44. The first-order valence-electron chi connectivity index (χ1n) is 21.7. The van der Waals surface area contributed by atoms with Gasteiger partial charge in [-0.25, -0.2) is 15.0 Å². The molecule has 0 saturated heterocycles. The highest BCUT2D eigenvalue weighted by Gasteiger charge is 2.22. The lowest BCUT2D eigenvalue weighted by Crippen LogP contribution is -2.02. The van der Waals surface area contributed by atoms with E-state index in [9.17, 15) is 6.85 Å². The third-order valence-electron chi connectivity index (χ3n) is 10.2. The van der Waals surface area contributed by atoms with Gasteiger partial charge in [0.15, 0.2) is 17.5 Å². The van der Waals surface area contributed by atoms with Crippen molar-refractivity contribution >= 4 is 53.3 Å². The number of rotatable bonds is 6. The van der Waals surface area contributed by atoms with Crippen LogP contribution in [0.2, 0.25) is 0 Å². The summed E-state index contributed by atoms with van der Waals surface area (Å²) >= 11 is 1.61. The van der Waals surface area contributed by atoms with Crippen LogP contribution >= 0.6 is 11.3 Å². The molecule has 4 nitrogen and oxygen atoms in total. The predicted molar refractivity (Wildman–Crippen MR) is 234 cm³/mol. The van der Waals surface area contributed by atoms with Gasteiger partial charge < -0.3 is 4.57 Å². The number of benzene rings is 8. The van der Waals surface area contributed by atoms with Gasteiger partial charge in [0.2, 0.25) is 0 Å². The van der Waals surface area contributed by atoms with Crippen molar-refractivity contribution in [2.75, 3.05) is 0 Å². The summed E-state index contributed by atoms with van der Waals surface area (Å²) in [5.41, 5.74) is 6.26. The van der Waals surface area contributed by atoms with Gasteiger partial charge in [-0.15, -0.1) is 11.3 Å². The van der Waals surface area contributed by atoms with Crippen LogP contribution in [0.4, 0.5) is 0 Å². The summed E-state index contributed by atoms with van der Waals surface area (Å²) in [6.07, 6.45) is 0. The van der Waals surface area contributed by atoms with Crippen molar-refractivity contribution in [2.24, 2.45) is 0 Å². The molecule has 56 heavy (non-hydrogen) atoms. The van der Waals surface area contributed by atoms with Crippen molar-refractivity contribution in [3.63, 3.8) is 0 Å². The monoisotopic (exact) mass is 739 g/mol. The molecule has 262 valence electrons. The van der Waals surface area contributed by atoms with Gasteiger partial charge in [-0.2, -0.15) is 0 Å². The molecular weight excluding hydrogens is 701 g/mol. The Morgan fingerprint density at radius 1 is 0.429 bits per heavy atom. The van der Waals surface area contributed by atoms with Crippen LogP contribution in [-0.4, -0.2) is 19.5 Å². The summed E-state index contributed by atoms with van der Waals surface area (Å²) in [6, 6.07) is 46.8. The van der Waals surface area contributed by atoms with Crippen molar-refractivity contribution in [2.45, 2.75) is 0 Å². The first-order valence-corrected chi connectivity index (χ1v) is 19.0. The molecule has 0 N–H and O–H groups in total. The van der Waals surface area contributed by atoms with Gasteiger partial charge in [0.25, 0.3) is 0 Å². The molecule has 0 aliphatic heterocycles. The molecule has 0 aliphatic rings. The topological polar surface area (TPSA) is 43.6 Å². The Morgan fingerprint density at radius 3 is 1.75 bits per heavy atom. The average Bonchev–Trinajstić information content (AvgIpc) is 3.89. The summed E-state index contributed by atoms with van der Waals surface area (Å²) in [7, 11) is 0. The quantitative estimate of drug-likeness (QED) is 0.171. The summed E-state index contributed by atoms with van der Waals surface area (Å²) in [6.45, 7) is 0. The fraction of sp³-hybridized carbons (Fsp3) is 0. The van der Waals surface area contributed by atoms with Crippen LogP contribution in [0, 0.1) is 0 Å². The van der Waals surface area contributed by atoms with E-state index in [-0.39, 0.29) is 57.4 Å². The minimum absolute atomic E-state index is 0.0556. The van der Waals surface area contributed by atoms with Crippen molar-refractivity contribution in [3.8, 4) is 62.1 Å². The zero-order valence-electron chi connectivity index (χ0n) is 36.6. The zero-order valence-corrected chi connectivity index (χ0v) is 30.4. The van der Waals surface area contributed by atoms with Crippen LogP contribution in [0.15, 0.2) is 194 Å². The van der Waals surface area contributed by atoms with Gasteiger partial charge in [0.1, 0.15) is 0 Å². The molecular formula is C51H32N4S. The van der Waals surface area contributed by atoms with Gasteiger partial charge in [-0.05, 0) is 52.5 Å². The third kappa shape index (κ3) is 5.40. The van der Waals surface area contributed by atoms with Gasteiger partial charge in [0, 0.05) is 53.3 Å². The van der Waals surface area contributed by atoms with E-state index in [2.05, 4.69) is 12.1 Å². The van der Waals surface area contributed by atoms with Crippen LogP contribution in [0.3, 0.4) is 0 Å². The molecule has 0 amide bonds. The largest absolute Gasteiger partial charge is 0.308 e. The Morgan fingerprint density at radius 2 is 1.00 bits per heavy atom. The van der Waals surface area contributed by atoms with Crippen molar-refractivity contribution in [1.82, 2.24) is 19.5 Å². The van der Waals surface area contributed by atoms with E-state index in [1.54, 1.807) is 15.9 Å². The maximum absolute atomic E-state index is 9.65. The molecule has 0 aliphatic carbocycles. The molecule has 5 heteroatoms. The summed E-state index contributed by atoms with van der Waals surface area (Å²) < 4.78 is 68.5. The lowest BCUT2D eigenvalue weighted by Gasteiger charge is -2.15. The Bertz CT molecular complexity index is 3630. The molecule has 11 aromatic rings. The standard InChI is InChI=1S/C51H32N4S/c1-4-15-33(16-5-1)34-27-29-37(30-28-34)50-52-49(36-19-8-3-9-20-36)53-51(54-50)42-24-14-23-40-39-21-10-12-25-44(39)55(48(40)42)38-31-43(35-17-6-2-7-18-35)47-41-22-11-13-26-45(41)56-46(47)32-38/h1-32H/i10D,12D,14D,21D,23D,24D,25D. The second-order valence-electron chi connectivity index (χ2n) is 13.5. The molecule has 8 aromatic carbocycles. The Kier molecular flexibility index (Phi) is 6.10. The first kappa shape index (κ1) is 25.7. The fourth-order valence-corrected chi connectivity index (χ4v) is 8.75. The zero-order chi connectivity index (χ0) is 43.1. The third-order valence-corrected chi connectivity index (χ3v) is 11.3. The number of hydrogen-bond donors (Lipinski definition) is 0. The number of nitrogens with zero attached hydrogens (tertiary/aromatic N) is 4. The van der Waals surface area contributed by atoms with Crippen molar-refractivity contribution in [1.29, 1.82) is 0 Å². The Balaban J connectivity index is 1.28. The summed E-state index contributed by atoms with van der Waals surface area (Å²) in [5, 5.41) is 2.29. The molecule has 0 unspecified atom stereocenters. The summed E-state index contributed by atoms with van der Waals surface area (Å²) in [5.74, 6) is 0.694. The van der Waals surface area contributed by atoms with E-state index < -0.39 is 18.1 Å². The van der Waals surface area contributed by atoms with E-state index in [0.29, 0.717) is 28.5 Å². The highest BCUT2D eigenvalue weighted by atomic mass is 32.1. The molecule has 0 radical (unpaired) electrons. The number of aromatic nitrogens is 4. The number of hydrogen-bond acceptors (Lipinski definition) is 4. The van der Waals surface area contributed by atoms with Gasteiger partial charge >= 0.3 is 0 Å². The number of thiophene rings is 1. The Hall–Kier alpha value is -7.21. The maximum Gasteiger partial charge on any atom is 0.166 e. The van der Waals surface area contributed by atoms with Crippen LogP contribution in [0.1, 0.15) is 9.60 Å². The number of para-hydroxylation sites is 2. The SMILES string of the molecule is [2H]c1c([2H])c([2H])c2c(c1[2H])c1c([2H])c([2H])c([2H])c(-c3nc(-c4ccccc4)nc(-c4ccc(-c5ccccc5)cc4)n3)c1n2-c1cc(-c2ccccc2)c2c(c1)sc1ccccc12. The van der Waals surface area contributed by atoms with Crippen LogP contribution in [-0.2, 0) is 0 Å². The first-order chi connectivity index (χ1) is 30.7. The predicted octanol–water partition coefficient (Wildman–Crippen LogP) is 13.7. The minimum atomic E-state index is -0.466. The molecule has 3 heterocycles. The highest BCUT2D eigenvalue weighted by molar-refractivity contribution is 7.26. The summed E-state index contributed by atoms with van der Waals surface area (Å²) in [4.78, 5) is 15.0. The van der Waals surface area contributed by atoms with Crippen molar-refractivity contribution in [3.05, 3.63) is 194 Å². The Labute approximate surface area is 337 Å². The molecule has 3 aromatic heterocycles. The normalized spacial score (nSPS) is 13.3. The van der Waals surface area contributed by atoms with E-state index in [0.717, 1.165) is 42.4 Å². The molecule has 0 spiro atoms. The second kappa shape index (κ2) is 13.3. The second-order valence-corrected chi connectivity index (χ2v) is 14.6. The molecule has 0 fully saturated rings. The lowest BCUT2D eigenvalue weighted by atomic mass is 9.98. The smallest absolute Gasteiger partial charge is 0.166 e. The molecule has 11 rings (SSSR count).